The van der Waals surface area contributed by atoms with E-state index in [1.165, 1.54) is 5.56 Å². The highest BCUT2D eigenvalue weighted by Gasteiger charge is 2.36. The Morgan fingerprint density at radius 3 is 2.82 bits per heavy atom. The van der Waals surface area contributed by atoms with Crippen LogP contribution in [0.2, 0.25) is 0 Å². The summed E-state index contributed by atoms with van der Waals surface area (Å²) in [4.78, 5) is 17.4. The molecule has 2 aliphatic heterocycles. The number of carbonyl (C=O) groups is 1. The summed E-state index contributed by atoms with van der Waals surface area (Å²) in [6, 6.07) is 10.7. The zero-order valence-corrected chi connectivity index (χ0v) is 13.4. The van der Waals surface area contributed by atoms with E-state index in [4.69, 9.17) is 4.74 Å². The Balaban J connectivity index is 1.62. The fourth-order valence-corrected chi connectivity index (χ4v) is 3.74. The molecule has 0 N–H and O–H groups in total. The van der Waals surface area contributed by atoms with Gasteiger partial charge in [0.15, 0.2) is 0 Å². The van der Waals surface area contributed by atoms with Crippen LogP contribution in [0.4, 0.5) is 0 Å². The minimum atomic E-state index is 0.168. The van der Waals surface area contributed by atoms with Crippen molar-refractivity contribution in [2.45, 2.75) is 25.3 Å². The van der Waals surface area contributed by atoms with Crippen molar-refractivity contribution in [3.63, 3.8) is 0 Å². The summed E-state index contributed by atoms with van der Waals surface area (Å²) >= 11 is 0. The van der Waals surface area contributed by atoms with Gasteiger partial charge in [0, 0.05) is 26.7 Å². The molecule has 2 heterocycles. The molecular formula is C18H26N2O2. The van der Waals surface area contributed by atoms with E-state index in [0.29, 0.717) is 5.91 Å². The van der Waals surface area contributed by atoms with Crippen molar-refractivity contribution in [1.82, 2.24) is 9.80 Å². The molecule has 0 saturated carbocycles. The van der Waals surface area contributed by atoms with Crippen molar-refractivity contribution in [2.24, 2.45) is 5.92 Å². The lowest BCUT2D eigenvalue weighted by atomic mass is 10.0. The number of ether oxygens (including phenoxy) is 1. The number of benzene rings is 1. The number of amides is 1. The number of likely N-dealkylation sites (tertiary alicyclic amines) is 2. The molecular weight excluding hydrogens is 276 g/mol. The molecule has 2 saturated heterocycles. The third-order valence-corrected chi connectivity index (χ3v) is 4.95. The summed E-state index contributed by atoms with van der Waals surface area (Å²) in [5.74, 6) is 0.521. The Hall–Kier alpha value is -1.39. The fraction of sp³-hybridized carbons (Fsp3) is 0.611. The Labute approximate surface area is 133 Å². The molecule has 0 aliphatic carbocycles. The topological polar surface area (TPSA) is 32.8 Å². The van der Waals surface area contributed by atoms with Gasteiger partial charge in [-0.05, 0) is 31.4 Å². The maximum atomic E-state index is 12.9. The van der Waals surface area contributed by atoms with E-state index in [1.807, 2.05) is 6.07 Å². The highest BCUT2D eigenvalue weighted by atomic mass is 16.5. The Morgan fingerprint density at radius 1 is 1.23 bits per heavy atom. The maximum Gasteiger partial charge on any atom is 0.227 e. The van der Waals surface area contributed by atoms with Crippen LogP contribution in [-0.2, 0) is 9.53 Å². The Bertz CT molecular complexity index is 491. The van der Waals surface area contributed by atoms with Crippen LogP contribution in [0, 0.1) is 5.92 Å². The Morgan fingerprint density at radius 2 is 2.05 bits per heavy atom. The average Bonchev–Trinajstić information content (AvgIpc) is 3.22. The van der Waals surface area contributed by atoms with Crippen molar-refractivity contribution in [1.29, 1.82) is 0 Å². The number of nitrogens with zero attached hydrogens (tertiary/aromatic N) is 2. The van der Waals surface area contributed by atoms with Gasteiger partial charge in [0.05, 0.1) is 18.6 Å². The van der Waals surface area contributed by atoms with Gasteiger partial charge in [-0.3, -0.25) is 4.79 Å². The molecule has 2 atom stereocenters. The molecule has 4 nitrogen and oxygen atoms in total. The first-order valence-corrected chi connectivity index (χ1v) is 8.36. The number of methoxy groups -OCH3 is 1. The molecule has 120 valence electrons. The van der Waals surface area contributed by atoms with Crippen LogP contribution >= 0.6 is 0 Å². The van der Waals surface area contributed by atoms with Crippen molar-refractivity contribution in [3.05, 3.63) is 35.9 Å². The van der Waals surface area contributed by atoms with Crippen LogP contribution in [-0.4, -0.2) is 55.6 Å². The summed E-state index contributed by atoms with van der Waals surface area (Å²) in [6.07, 6.45) is 3.20. The molecule has 3 rings (SSSR count). The van der Waals surface area contributed by atoms with Gasteiger partial charge in [0.25, 0.3) is 0 Å². The van der Waals surface area contributed by atoms with Gasteiger partial charge in [-0.15, -0.1) is 0 Å². The van der Waals surface area contributed by atoms with Crippen molar-refractivity contribution < 1.29 is 9.53 Å². The van der Waals surface area contributed by atoms with Crippen LogP contribution in [0.1, 0.15) is 30.9 Å². The van der Waals surface area contributed by atoms with Gasteiger partial charge in [-0.1, -0.05) is 30.3 Å². The highest BCUT2D eigenvalue weighted by molar-refractivity contribution is 5.80. The van der Waals surface area contributed by atoms with Crippen molar-refractivity contribution in [2.75, 3.05) is 39.9 Å². The van der Waals surface area contributed by atoms with E-state index < -0.39 is 0 Å². The third kappa shape index (κ3) is 3.33. The number of carbonyl (C=O) groups excluding carboxylic acids is 1. The van der Waals surface area contributed by atoms with Gasteiger partial charge in [0.1, 0.15) is 0 Å². The molecule has 4 heteroatoms. The maximum absolute atomic E-state index is 12.9. The van der Waals surface area contributed by atoms with E-state index >= 15 is 0 Å². The van der Waals surface area contributed by atoms with Crippen molar-refractivity contribution >= 4 is 5.91 Å². The minimum absolute atomic E-state index is 0.168. The van der Waals surface area contributed by atoms with E-state index in [9.17, 15) is 4.79 Å². The van der Waals surface area contributed by atoms with E-state index in [-0.39, 0.29) is 12.0 Å². The standard InChI is InChI=1S/C18H26N2O2/c1-22-13-12-19-11-9-16(14-19)18(21)20-10-5-8-17(20)15-6-3-2-4-7-15/h2-4,6-7,16-17H,5,8-14H2,1H3. The lowest BCUT2D eigenvalue weighted by molar-refractivity contribution is -0.136. The van der Waals surface area contributed by atoms with Crippen LogP contribution in [0.15, 0.2) is 30.3 Å². The van der Waals surface area contributed by atoms with Gasteiger partial charge >= 0.3 is 0 Å². The summed E-state index contributed by atoms with van der Waals surface area (Å²) in [7, 11) is 1.73. The van der Waals surface area contributed by atoms with Gasteiger partial charge < -0.3 is 14.5 Å². The molecule has 2 fully saturated rings. The number of hydrogen-bond donors (Lipinski definition) is 0. The van der Waals surface area contributed by atoms with E-state index in [0.717, 1.165) is 52.0 Å². The summed E-state index contributed by atoms with van der Waals surface area (Å²) in [5, 5.41) is 0. The lowest BCUT2D eigenvalue weighted by Gasteiger charge is -2.28. The molecule has 1 amide bonds. The van der Waals surface area contributed by atoms with Gasteiger partial charge in [0.2, 0.25) is 5.91 Å². The normalized spacial score (nSPS) is 25.8. The molecule has 1 aromatic carbocycles. The molecule has 1 aromatic rings. The quantitative estimate of drug-likeness (QED) is 0.837. The second-order valence-corrected chi connectivity index (χ2v) is 6.38. The first-order chi connectivity index (χ1) is 10.8. The van der Waals surface area contributed by atoms with Crippen LogP contribution in [0.25, 0.3) is 0 Å². The van der Waals surface area contributed by atoms with Crippen molar-refractivity contribution in [3.8, 4) is 0 Å². The number of rotatable bonds is 5. The largest absolute Gasteiger partial charge is 0.383 e. The zero-order valence-electron chi connectivity index (χ0n) is 13.4. The summed E-state index contributed by atoms with van der Waals surface area (Å²) in [6.45, 7) is 4.50. The smallest absolute Gasteiger partial charge is 0.227 e. The first-order valence-electron chi connectivity index (χ1n) is 8.36. The molecule has 0 aromatic heterocycles. The van der Waals surface area contributed by atoms with Crippen LogP contribution in [0.3, 0.4) is 0 Å². The zero-order chi connectivity index (χ0) is 15.4. The second-order valence-electron chi connectivity index (χ2n) is 6.38. The Kier molecular flexibility index (Phi) is 5.11. The first kappa shape index (κ1) is 15.5. The predicted octanol–water partition coefficient (Wildman–Crippen LogP) is 2.32. The van der Waals surface area contributed by atoms with Gasteiger partial charge in [-0.2, -0.15) is 0 Å². The van der Waals surface area contributed by atoms with Crippen LogP contribution in [0.5, 0.6) is 0 Å². The van der Waals surface area contributed by atoms with E-state index in [2.05, 4.69) is 34.1 Å². The summed E-state index contributed by atoms with van der Waals surface area (Å²) < 4.78 is 5.14. The molecule has 2 aliphatic rings. The third-order valence-electron chi connectivity index (χ3n) is 4.95. The average molecular weight is 302 g/mol. The summed E-state index contributed by atoms with van der Waals surface area (Å²) in [5.41, 5.74) is 1.28. The second kappa shape index (κ2) is 7.25. The molecule has 0 spiro atoms. The highest BCUT2D eigenvalue weighted by Crippen LogP contribution is 2.34. The van der Waals surface area contributed by atoms with E-state index in [1.54, 1.807) is 7.11 Å². The van der Waals surface area contributed by atoms with Gasteiger partial charge in [-0.25, -0.2) is 0 Å². The lowest BCUT2D eigenvalue weighted by Crippen LogP contribution is -2.37. The fourth-order valence-electron chi connectivity index (χ4n) is 3.74. The monoisotopic (exact) mass is 302 g/mol. The SMILES string of the molecule is COCCN1CCC(C(=O)N2CCCC2c2ccccc2)C1. The van der Waals surface area contributed by atoms with Crippen LogP contribution < -0.4 is 0 Å². The molecule has 2 unspecified atom stereocenters. The predicted molar refractivity (Wildman–Crippen MR) is 86.6 cm³/mol. The molecule has 0 bridgehead atoms. The molecule has 22 heavy (non-hydrogen) atoms. The molecule has 0 radical (unpaired) electrons. The number of hydrogen-bond acceptors (Lipinski definition) is 3. The minimum Gasteiger partial charge on any atom is -0.383 e.